The fourth-order valence-corrected chi connectivity index (χ4v) is 4.45. The molecule has 0 atom stereocenters. The van der Waals surface area contributed by atoms with Crippen LogP contribution in [0.3, 0.4) is 0 Å². The van der Waals surface area contributed by atoms with Gasteiger partial charge in [-0.3, -0.25) is 9.78 Å². The molecule has 2 N–H and O–H groups in total. The molecular weight excluding hydrogens is 414 g/mol. The molecule has 1 aromatic heterocycles. The van der Waals surface area contributed by atoms with Crippen LogP contribution in [0.1, 0.15) is 25.7 Å². The predicted octanol–water partition coefficient (Wildman–Crippen LogP) is 4.85. The van der Waals surface area contributed by atoms with Crippen molar-refractivity contribution in [3.63, 3.8) is 0 Å². The molecule has 2 heterocycles. The highest BCUT2D eigenvalue weighted by Gasteiger charge is 2.22. The number of ether oxygens (including phenoxy) is 1. The van der Waals surface area contributed by atoms with Crippen molar-refractivity contribution >= 4 is 28.8 Å². The van der Waals surface area contributed by atoms with Crippen molar-refractivity contribution in [2.75, 3.05) is 41.8 Å². The summed E-state index contributed by atoms with van der Waals surface area (Å²) < 4.78 is 5.43. The monoisotopic (exact) mass is 443 g/mol. The van der Waals surface area contributed by atoms with Gasteiger partial charge in [0, 0.05) is 41.6 Å². The molecule has 2 aliphatic rings. The highest BCUT2D eigenvalue weighted by molar-refractivity contribution is 5.92. The average Bonchev–Trinajstić information content (AvgIpc) is 3.41. The van der Waals surface area contributed by atoms with Crippen LogP contribution in [0.25, 0.3) is 11.3 Å². The molecule has 1 aliphatic carbocycles. The van der Waals surface area contributed by atoms with Gasteiger partial charge in [0.1, 0.15) is 5.82 Å². The number of nitrogens with one attached hydrogen (secondary N) is 2. The standard InChI is InChI=1S/C26H29N5O2/c32-26(20-3-1-2-4-20)29-22-7-5-19(6-8-22)24-17-27-18-25(30-24)28-21-9-11-23(12-10-21)31-13-15-33-16-14-31/h5-12,17-18,20H,1-4,13-16H2,(H,28,30)(H,29,32). The number of hydrogen-bond acceptors (Lipinski definition) is 6. The molecule has 1 amide bonds. The van der Waals surface area contributed by atoms with Gasteiger partial charge in [-0.05, 0) is 49.2 Å². The number of aromatic nitrogens is 2. The number of benzene rings is 2. The summed E-state index contributed by atoms with van der Waals surface area (Å²) in [7, 11) is 0. The Bertz CT molecular complexity index is 1070. The van der Waals surface area contributed by atoms with Crippen LogP contribution in [-0.4, -0.2) is 42.2 Å². The Kier molecular flexibility index (Phi) is 6.48. The van der Waals surface area contributed by atoms with E-state index in [0.29, 0.717) is 5.82 Å². The van der Waals surface area contributed by atoms with Crippen molar-refractivity contribution in [3.8, 4) is 11.3 Å². The van der Waals surface area contributed by atoms with Crippen molar-refractivity contribution < 1.29 is 9.53 Å². The molecule has 3 aromatic rings. The minimum Gasteiger partial charge on any atom is -0.378 e. The summed E-state index contributed by atoms with van der Waals surface area (Å²) in [5.74, 6) is 0.970. The maximum atomic E-state index is 12.3. The Hall–Kier alpha value is -3.45. The molecular formula is C26H29N5O2. The maximum absolute atomic E-state index is 12.3. The second kappa shape index (κ2) is 10.0. The van der Waals surface area contributed by atoms with Crippen LogP contribution >= 0.6 is 0 Å². The number of anilines is 4. The van der Waals surface area contributed by atoms with Crippen molar-refractivity contribution in [1.29, 1.82) is 0 Å². The molecule has 0 unspecified atom stereocenters. The lowest BCUT2D eigenvalue weighted by atomic mass is 10.1. The molecule has 0 spiro atoms. The van der Waals surface area contributed by atoms with Gasteiger partial charge in [0.25, 0.3) is 0 Å². The minimum atomic E-state index is 0.130. The first-order valence-electron chi connectivity index (χ1n) is 11.7. The second-order valence-corrected chi connectivity index (χ2v) is 8.61. The first-order valence-corrected chi connectivity index (χ1v) is 11.7. The van der Waals surface area contributed by atoms with E-state index in [-0.39, 0.29) is 11.8 Å². The van der Waals surface area contributed by atoms with E-state index in [1.54, 1.807) is 12.4 Å². The Morgan fingerprint density at radius 3 is 2.33 bits per heavy atom. The van der Waals surface area contributed by atoms with Crippen molar-refractivity contribution in [3.05, 3.63) is 60.9 Å². The third kappa shape index (κ3) is 5.31. The summed E-state index contributed by atoms with van der Waals surface area (Å²) >= 11 is 0. The summed E-state index contributed by atoms with van der Waals surface area (Å²) in [5, 5.41) is 6.38. The molecule has 1 saturated carbocycles. The zero-order valence-corrected chi connectivity index (χ0v) is 18.7. The van der Waals surface area contributed by atoms with Crippen LogP contribution in [0.2, 0.25) is 0 Å². The lowest BCUT2D eigenvalue weighted by Crippen LogP contribution is -2.36. The van der Waals surface area contributed by atoms with Gasteiger partial charge in [0.15, 0.2) is 0 Å². The average molecular weight is 444 g/mol. The van der Waals surface area contributed by atoms with Crippen molar-refractivity contribution in [2.45, 2.75) is 25.7 Å². The van der Waals surface area contributed by atoms with Crippen LogP contribution in [0, 0.1) is 5.92 Å². The van der Waals surface area contributed by atoms with Gasteiger partial charge in [0.05, 0.1) is 31.3 Å². The zero-order chi connectivity index (χ0) is 22.5. The Morgan fingerprint density at radius 1 is 0.909 bits per heavy atom. The molecule has 1 saturated heterocycles. The molecule has 170 valence electrons. The van der Waals surface area contributed by atoms with Crippen LogP contribution in [0.5, 0.6) is 0 Å². The molecule has 7 heteroatoms. The molecule has 2 fully saturated rings. The number of morpholine rings is 1. The summed E-state index contributed by atoms with van der Waals surface area (Å²) in [6.07, 6.45) is 7.76. The lowest BCUT2D eigenvalue weighted by Gasteiger charge is -2.28. The Labute approximate surface area is 194 Å². The Balaban J connectivity index is 1.23. The summed E-state index contributed by atoms with van der Waals surface area (Å²) in [6.45, 7) is 3.39. The molecule has 1 aliphatic heterocycles. The highest BCUT2D eigenvalue weighted by Crippen LogP contribution is 2.27. The predicted molar refractivity (Wildman–Crippen MR) is 131 cm³/mol. The number of amides is 1. The van der Waals surface area contributed by atoms with Crippen LogP contribution in [0.4, 0.5) is 22.9 Å². The second-order valence-electron chi connectivity index (χ2n) is 8.61. The van der Waals surface area contributed by atoms with E-state index in [1.165, 1.54) is 5.69 Å². The largest absolute Gasteiger partial charge is 0.378 e. The molecule has 7 nitrogen and oxygen atoms in total. The number of hydrogen-bond donors (Lipinski definition) is 2. The van der Waals surface area contributed by atoms with E-state index in [4.69, 9.17) is 9.72 Å². The first-order chi connectivity index (χ1) is 16.2. The molecule has 0 bridgehead atoms. The highest BCUT2D eigenvalue weighted by atomic mass is 16.5. The van der Waals surface area contributed by atoms with Gasteiger partial charge in [-0.25, -0.2) is 4.98 Å². The van der Waals surface area contributed by atoms with Gasteiger partial charge >= 0.3 is 0 Å². The SMILES string of the molecule is O=C(Nc1ccc(-c2cncc(Nc3ccc(N4CCOCC4)cc3)n2)cc1)C1CCCC1. The third-order valence-corrected chi connectivity index (χ3v) is 6.32. The van der Waals surface area contributed by atoms with Gasteiger partial charge in [-0.15, -0.1) is 0 Å². The van der Waals surface area contributed by atoms with E-state index in [0.717, 1.165) is 74.6 Å². The van der Waals surface area contributed by atoms with Crippen LogP contribution in [-0.2, 0) is 9.53 Å². The number of rotatable bonds is 6. The molecule has 33 heavy (non-hydrogen) atoms. The van der Waals surface area contributed by atoms with E-state index >= 15 is 0 Å². The van der Waals surface area contributed by atoms with E-state index in [9.17, 15) is 4.79 Å². The molecule has 0 radical (unpaired) electrons. The minimum absolute atomic E-state index is 0.130. The van der Waals surface area contributed by atoms with E-state index in [2.05, 4.69) is 44.8 Å². The van der Waals surface area contributed by atoms with Gasteiger partial charge in [-0.2, -0.15) is 0 Å². The first kappa shape index (κ1) is 21.4. The maximum Gasteiger partial charge on any atom is 0.227 e. The van der Waals surface area contributed by atoms with Gasteiger partial charge in [-0.1, -0.05) is 25.0 Å². The number of carbonyl (C=O) groups is 1. The lowest BCUT2D eigenvalue weighted by molar-refractivity contribution is -0.119. The summed E-state index contributed by atoms with van der Waals surface area (Å²) in [5.41, 5.74) is 4.71. The smallest absolute Gasteiger partial charge is 0.227 e. The van der Waals surface area contributed by atoms with Gasteiger partial charge < -0.3 is 20.3 Å². The van der Waals surface area contributed by atoms with E-state index in [1.807, 2.05) is 24.3 Å². The van der Waals surface area contributed by atoms with E-state index < -0.39 is 0 Å². The van der Waals surface area contributed by atoms with Crippen LogP contribution in [0.15, 0.2) is 60.9 Å². The molecule has 2 aromatic carbocycles. The van der Waals surface area contributed by atoms with Crippen molar-refractivity contribution in [2.24, 2.45) is 5.92 Å². The van der Waals surface area contributed by atoms with Gasteiger partial charge in [0.2, 0.25) is 5.91 Å². The summed E-state index contributed by atoms with van der Waals surface area (Å²) in [4.78, 5) is 23.7. The Morgan fingerprint density at radius 2 is 1.61 bits per heavy atom. The quantitative estimate of drug-likeness (QED) is 0.567. The third-order valence-electron chi connectivity index (χ3n) is 6.32. The zero-order valence-electron chi connectivity index (χ0n) is 18.7. The summed E-state index contributed by atoms with van der Waals surface area (Å²) in [6, 6.07) is 16.1. The topological polar surface area (TPSA) is 79.4 Å². The number of carbonyl (C=O) groups excluding carboxylic acids is 1. The van der Waals surface area contributed by atoms with Crippen LogP contribution < -0.4 is 15.5 Å². The fraction of sp³-hybridized carbons (Fsp3) is 0.346. The van der Waals surface area contributed by atoms with Crippen molar-refractivity contribution in [1.82, 2.24) is 9.97 Å². The fourth-order valence-electron chi connectivity index (χ4n) is 4.45. The number of nitrogens with zero attached hydrogens (tertiary/aromatic N) is 3. The molecule has 5 rings (SSSR count). The normalized spacial score (nSPS) is 16.5.